The van der Waals surface area contributed by atoms with Crippen LogP contribution in [-0.2, 0) is 21.4 Å². The number of carbonyl (C=O) groups excluding carboxylic acids is 1. The fourth-order valence-corrected chi connectivity index (χ4v) is 8.47. The molecular weight excluding hydrogens is 989 g/mol. The van der Waals surface area contributed by atoms with Crippen LogP contribution in [0.5, 0.6) is 11.8 Å². The first-order valence-electron chi connectivity index (χ1n) is 23.4. The maximum absolute atomic E-state index is 15.1. The van der Waals surface area contributed by atoms with Crippen LogP contribution in [0.15, 0.2) is 94.0 Å². The lowest BCUT2D eigenvalue weighted by molar-refractivity contribution is -0.168. The predicted molar refractivity (Wildman–Crippen MR) is 260 cm³/mol. The van der Waals surface area contributed by atoms with Gasteiger partial charge >= 0.3 is 17.8 Å². The van der Waals surface area contributed by atoms with E-state index in [1.54, 1.807) is 18.3 Å². The number of halogens is 6. The van der Waals surface area contributed by atoms with Crippen LogP contribution in [0.2, 0.25) is 10.0 Å². The van der Waals surface area contributed by atoms with Crippen molar-refractivity contribution in [1.82, 2.24) is 31.2 Å². The molecule has 1 amide bonds. The Morgan fingerprint density at radius 2 is 1.14 bits per heavy atom. The van der Waals surface area contributed by atoms with E-state index in [1.165, 1.54) is 55.4 Å². The summed E-state index contributed by atoms with van der Waals surface area (Å²) in [5.41, 5.74) is 7.64. The number of benzene rings is 2. The van der Waals surface area contributed by atoms with E-state index in [2.05, 4.69) is 20.2 Å². The van der Waals surface area contributed by atoms with Crippen molar-refractivity contribution in [3.05, 3.63) is 118 Å². The summed E-state index contributed by atoms with van der Waals surface area (Å²) in [6.07, 6.45) is 10.4. The first-order chi connectivity index (χ1) is 33.9. The Labute approximate surface area is 421 Å². The molecule has 9 N–H and O–H groups in total. The lowest BCUT2D eigenvalue weighted by Crippen LogP contribution is -2.50. The van der Waals surface area contributed by atoms with Crippen molar-refractivity contribution in [2.75, 3.05) is 39.3 Å². The molecule has 2 aromatic carbocycles. The topological polar surface area (TPSA) is 245 Å². The smallest absolute Gasteiger partial charge is 0.399 e. The highest BCUT2D eigenvalue weighted by molar-refractivity contribution is 6.31. The number of amides is 1. The van der Waals surface area contributed by atoms with Crippen LogP contribution in [0, 0.1) is 0 Å². The van der Waals surface area contributed by atoms with E-state index in [0.29, 0.717) is 44.2 Å². The molecule has 1 unspecified atom stereocenters. The monoisotopic (exact) mass is 1050 g/mol. The van der Waals surface area contributed by atoms with Crippen molar-refractivity contribution in [2.45, 2.75) is 99.7 Å². The van der Waals surface area contributed by atoms with Crippen LogP contribution in [0.25, 0.3) is 21.9 Å². The van der Waals surface area contributed by atoms with E-state index in [-0.39, 0.29) is 36.0 Å². The number of nitrogens with one attached hydrogen (secondary N) is 1. The third-order valence-corrected chi connectivity index (χ3v) is 12.8. The summed E-state index contributed by atoms with van der Waals surface area (Å²) in [5, 5.41) is 33.5. The highest BCUT2D eigenvalue weighted by atomic mass is 35.5. The van der Waals surface area contributed by atoms with Gasteiger partial charge in [-0.25, -0.2) is 14.8 Å². The molecule has 4 aromatic heterocycles. The van der Waals surface area contributed by atoms with Crippen molar-refractivity contribution < 1.29 is 60.8 Å². The minimum Gasteiger partial charge on any atom is -0.476 e. The molecular formula is C50H57Cl2F4N7O9. The van der Waals surface area contributed by atoms with Crippen molar-refractivity contribution in [3.63, 3.8) is 0 Å². The maximum Gasteiger partial charge on any atom is 0.399 e. The van der Waals surface area contributed by atoms with Gasteiger partial charge in [-0.1, -0.05) is 23.2 Å². The van der Waals surface area contributed by atoms with Gasteiger partial charge in [-0.2, -0.15) is 17.6 Å². The number of hydrogen-bond acceptors (Lipinski definition) is 14. The molecule has 2 aliphatic heterocycles. The molecule has 0 bridgehead atoms. The number of hydrogen-bond donors (Lipinski definition) is 6. The summed E-state index contributed by atoms with van der Waals surface area (Å²) in [6.45, 7) is 4.68. The summed E-state index contributed by atoms with van der Waals surface area (Å²) in [4.78, 5) is 35.9. The number of aliphatic carboxylic acids is 1. The largest absolute Gasteiger partial charge is 0.476 e. The van der Waals surface area contributed by atoms with Gasteiger partial charge in [0.15, 0.2) is 11.5 Å². The van der Waals surface area contributed by atoms with Crippen LogP contribution >= 0.6 is 23.2 Å². The van der Waals surface area contributed by atoms with Gasteiger partial charge in [0, 0.05) is 75.6 Å². The standard InChI is InChI=1S/C25H26ClF2N3O4.C15H23N3O2.C10H5ClF2O3.H3N/c26-17-4-7-20-16(11-17)12-21(35-20)25(27,28)24(33)30-19(14-31-9-1-2-10-31)23(32)15-3-8-22(29-13-15)34-18-5-6-18;16-13(10-18-7-1-2-8-18)15(19)11-3-6-14(17-9-11)20-12-4-5-12;11-6-1-2-7-5(3-6)4-8(16-7)10(12,13)9(14)15;/h3-4,7-8,11-13,18-19,23,32H,1-2,5-6,9-10,14H2,(H,30,33);3,6,9,12-13,15,19H,1-2,4-5,7-8,10,16H2;1-4H,(H,14,15);1H3/t19-,23-;13-,15?;;/m11../s1. The Balaban J connectivity index is 0.000000174. The minimum absolute atomic E-state index is 0. The summed E-state index contributed by atoms with van der Waals surface area (Å²) < 4.78 is 77.7. The van der Waals surface area contributed by atoms with E-state index in [1.807, 2.05) is 17.0 Å². The van der Waals surface area contributed by atoms with Gasteiger partial charge in [0.25, 0.3) is 5.91 Å². The zero-order valence-electron chi connectivity index (χ0n) is 39.1. The number of rotatable bonds is 17. The second-order valence-corrected chi connectivity index (χ2v) is 19.1. The number of carboxylic acid groups (broad SMARTS) is 1. The third-order valence-electron chi connectivity index (χ3n) is 12.4. The molecule has 0 spiro atoms. The summed E-state index contributed by atoms with van der Waals surface area (Å²) >= 11 is 11.6. The van der Waals surface area contributed by atoms with Gasteiger partial charge < -0.3 is 60.6 Å². The first-order valence-corrected chi connectivity index (χ1v) is 24.2. The second kappa shape index (κ2) is 23.5. The van der Waals surface area contributed by atoms with E-state index in [9.17, 15) is 28.6 Å². The van der Waals surface area contributed by atoms with Crippen LogP contribution in [-0.4, -0.2) is 111 Å². The molecule has 2 saturated carbocycles. The highest BCUT2D eigenvalue weighted by Gasteiger charge is 2.47. The van der Waals surface area contributed by atoms with Gasteiger partial charge in [-0.3, -0.25) is 4.79 Å². The zero-order valence-corrected chi connectivity index (χ0v) is 40.6. The lowest BCUT2D eigenvalue weighted by Gasteiger charge is -2.29. The number of pyridine rings is 2. The number of likely N-dealkylation sites (tertiary alicyclic amines) is 2. The Hall–Kier alpha value is -5.58. The average Bonchev–Trinajstić information content (AvgIpc) is 4.02. The molecule has 4 atom stereocenters. The number of carboxylic acids is 1. The van der Waals surface area contributed by atoms with E-state index >= 15 is 8.78 Å². The van der Waals surface area contributed by atoms with Gasteiger partial charge in [0.05, 0.1) is 12.1 Å². The number of furan rings is 2. The number of carbonyl (C=O) groups is 2. The number of aliphatic hydroxyl groups excluding tert-OH is 2. The quantitative estimate of drug-likeness (QED) is 0.0467. The highest BCUT2D eigenvalue weighted by Crippen LogP contribution is 2.36. The molecule has 10 rings (SSSR count). The number of nitrogens with zero attached hydrogens (tertiary/aromatic N) is 4. The number of alkyl halides is 4. The van der Waals surface area contributed by atoms with Crippen molar-refractivity contribution in [3.8, 4) is 11.8 Å². The van der Waals surface area contributed by atoms with Gasteiger partial charge in [0.1, 0.15) is 29.5 Å². The minimum atomic E-state index is -4.04. The molecule has 22 heteroatoms. The van der Waals surface area contributed by atoms with Gasteiger partial charge in [0.2, 0.25) is 11.8 Å². The van der Waals surface area contributed by atoms with Crippen molar-refractivity contribution in [1.29, 1.82) is 0 Å². The summed E-state index contributed by atoms with van der Waals surface area (Å²) in [6, 6.07) is 16.5. The SMILES string of the molecule is N.N[C@H](CN1CCCC1)C(O)c1ccc(OC2CC2)nc1.O=C(N[C@H](CN1CCCC1)[C@H](O)c1ccc(OC2CC2)nc1)C(F)(F)c1cc2cc(Cl)ccc2o1.O=C(O)C(F)(F)c1cc2cc(Cl)ccc2o1. The predicted octanol–water partition coefficient (Wildman–Crippen LogP) is 8.93. The molecule has 72 heavy (non-hydrogen) atoms. The Morgan fingerprint density at radius 1 is 0.694 bits per heavy atom. The molecule has 6 heterocycles. The molecule has 2 aliphatic carbocycles. The Bertz CT molecular complexity index is 2750. The third kappa shape index (κ3) is 13.9. The number of aromatic nitrogens is 2. The van der Waals surface area contributed by atoms with Crippen LogP contribution in [0.1, 0.15) is 86.2 Å². The molecule has 4 aliphatic rings. The number of ether oxygens (including phenoxy) is 2. The van der Waals surface area contributed by atoms with E-state index < -0.39 is 53.5 Å². The Morgan fingerprint density at radius 3 is 1.57 bits per heavy atom. The number of aliphatic hydroxyl groups is 2. The van der Waals surface area contributed by atoms with Gasteiger partial charge in [-0.05, 0) is 138 Å². The molecule has 4 fully saturated rings. The van der Waals surface area contributed by atoms with Crippen molar-refractivity contribution in [2.24, 2.45) is 5.73 Å². The van der Waals surface area contributed by atoms with E-state index in [0.717, 1.165) is 88.9 Å². The molecule has 2 saturated heterocycles. The Kier molecular flexibility index (Phi) is 17.7. The first kappa shape index (κ1) is 54.2. The average molecular weight is 1050 g/mol. The van der Waals surface area contributed by atoms with Crippen LogP contribution in [0.4, 0.5) is 17.6 Å². The second-order valence-electron chi connectivity index (χ2n) is 18.2. The van der Waals surface area contributed by atoms with E-state index in [4.69, 9.17) is 52.4 Å². The maximum atomic E-state index is 15.1. The lowest BCUT2D eigenvalue weighted by atomic mass is 10.0. The fourth-order valence-electron chi connectivity index (χ4n) is 8.11. The number of nitrogens with two attached hydrogens (primary N) is 1. The molecule has 6 aromatic rings. The normalized spacial score (nSPS) is 18.0. The summed E-state index contributed by atoms with van der Waals surface area (Å²) in [5.74, 6) is -12.4. The molecule has 0 radical (unpaired) electrons. The fraction of sp³-hybridized carbons (Fsp3) is 0.440. The van der Waals surface area contributed by atoms with Crippen LogP contribution < -0.4 is 26.7 Å². The molecule has 388 valence electrons. The van der Waals surface area contributed by atoms with Gasteiger partial charge in [-0.15, -0.1) is 0 Å². The zero-order chi connectivity index (χ0) is 50.5. The van der Waals surface area contributed by atoms with Crippen molar-refractivity contribution >= 4 is 57.0 Å². The summed E-state index contributed by atoms with van der Waals surface area (Å²) in [7, 11) is 0. The van der Waals surface area contributed by atoms with Crippen LogP contribution in [0.3, 0.4) is 0 Å². The number of fused-ring (bicyclic) bond motifs is 2. The molecule has 16 nitrogen and oxygen atoms in total.